The van der Waals surface area contributed by atoms with Crippen LogP contribution in [0, 0.1) is 0 Å². The molecule has 6 nitrogen and oxygen atoms in total. The van der Waals surface area contributed by atoms with Gasteiger partial charge < -0.3 is 15.3 Å². The molecule has 0 aliphatic carbocycles. The van der Waals surface area contributed by atoms with Crippen LogP contribution in [0.2, 0.25) is 0 Å². The number of aromatic carboxylic acids is 1. The minimum absolute atomic E-state index is 0.0233. The van der Waals surface area contributed by atoms with Gasteiger partial charge in [-0.3, -0.25) is 0 Å². The van der Waals surface area contributed by atoms with Gasteiger partial charge in [-0.15, -0.1) is 11.8 Å². The van der Waals surface area contributed by atoms with Crippen molar-refractivity contribution in [3.8, 4) is 0 Å². The van der Waals surface area contributed by atoms with Crippen molar-refractivity contribution < 1.29 is 14.7 Å². The zero-order chi connectivity index (χ0) is 13.0. The van der Waals surface area contributed by atoms with Crippen LogP contribution in [0.3, 0.4) is 0 Å². The van der Waals surface area contributed by atoms with Gasteiger partial charge in [-0.05, 0) is 12.1 Å². The molecule has 7 heteroatoms. The van der Waals surface area contributed by atoms with Crippen LogP contribution in [0.4, 0.5) is 4.79 Å². The molecule has 1 aromatic heterocycles. The van der Waals surface area contributed by atoms with Crippen LogP contribution in [0.25, 0.3) is 0 Å². The Morgan fingerprint density at radius 2 is 2.39 bits per heavy atom. The SMILES string of the molecule is O=C(O)c1ccc(SCCN2CCNC2=O)nc1. The van der Waals surface area contributed by atoms with E-state index < -0.39 is 5.97 Å². The number of nitrogens with zero attached hydrogens (tertiary/aromatic N) is 2. The second-order valence-electron chi connectivity index (χ2n) is 3.76. The molecule has 1 saturated heterocycles. The summed E-state index contributed by atoms with van der Waals surface area (Å²) in [5.74, 6) is -0.236. The number of hydrogen-bond acceptors (Lipinski definition) is 4. The first kappa shape index (κ1) is 12.7. The standard InChI is InChI=1S/C11H13N3O3S/c15-10(16)8-1-2-9(13-7-8)18-6-5-14-4-3-12-11(14)17/h1-2,7H,3-6H2,(H,12,17)(H,15,16). The predicted octanol–water partition coefficient (Wildman–Crippen LogP) is 0.897. The van der Waals surface area contributed by atoms with Gasteiger partial charge in [-0.2, -0.15) is 0 Å². The Morgan fingerprint density at radius 1 is 1.56 bits per heavy atom. The fraction of sp³-hybridized carbons (Fsp3) is 0.364. The molecule has 18 heavy (non-hydrogen) atoms. The summed E-state index contributed by atoms with van der Waals surface area (Å²) in [5.41, 5.74) is 0.179. The Kier molecular flexibility index (Phi) is 4.03. The van der Waals surface area contributed by atoms with Crippen molar-refractivity contribution in [2.45, 2.75) is 5.03 Å². The lowest BCUT2D eigenvalue weighted by atomic mass is 10.3. The molecule has 0 unspecified atom stereocenters. The average molecular weight is 267 g/mol. The highest BCUT2D eigenvalue weighted by molar-refractivity contribution is 7.99. The fourth-order valence-corrected chi connectivity index (χ4v) is 2.39. The number of pyridine rings is 1. The van der Waals surface area contributed by atoms with E-state index in [0.717, 1.165) is 17.3 Å². The lowest BCUT2D eigenvalue weighted by molar-refractivity contribution is 0.0696. The van der Waals surface area contributed by atoms with Gasteiger partial charge in [0, 0.05) is 31.6 Å². The Labute approximate surface area is 108 Å². The largest absolute Gasteiger partial charge is 0.478 e. The summed E-state index contributed by atoms with van der Waals surface area (Å²) in [6.45, 7) is 2.11. The maximum absolute atomic E-state index is 11.3. The summed E-state index contributed by atoms with van der Waals surface area (Å²) in [7, 11) is 0. The molecule has 1 aromatic rings. The van der Waals surface area contributed by atoms with Crippen LogP contribution >= 0.6 is 11.8 Å². The zero-order valence-electron chi connectivity index (χ0n) is 9.63. The Balaban J connectivity index is 1.79. The third kappa shape index (κ3) is 3.13. The first-order chi connectivity index (χ1) is 8.66. The van der Waals surface area contributed by atoms with E-state index >= 15 is 0 Å². The van der Waals surface area contributed by atoms with Crippen LogP contribution in [0.1, 0.15) is 10.4 Å². The highest BCUT2D eigenvalue weighted by Gasteiger charge is 2.18. The molecule has 1 fully saturated rings. The van der Waals surface area contributed by atoms with Crippen molar-refractivity contribution in [1.82, 2.24) is 15.2 Å². The van der Waals surface area contributed by atoms with Crippen LogP contribution in [-0.4, -0.2) is 52.4 Å². The summed E-state index contributed by atoms with van der Waals surface area (Å²) >= 11 is 1.50. The molecule has 1 aliphatic heterocycles. The third-order valence-corrected chi connectivity index (χ3v) is 3.46. The van der Waals surface area contributed by atoms with Gasteiger partial charge in [-0.1, -0.05) is 0 Å². The lowest BCUT2D eigenvalue weighted by Crippen LogP contribution is -2.30. The molecule has 1 aliphatic rings. The molecular formula is C11H13N3O3S. The molecule has 2 rings (SSSR count). The molecule has 0 radical (unpaired) electrons. The quantitative estimate of drug-likeness (QED) is 0.774. The number of hydrogen-bond donors (Lipinski definition) is 2. The van der Waals surface area contributed by atoms with Gasteiger partial charge in [0.2, 0.25) is 0 Å². The van der Waals surface area contributed by atoms with Gasteiger partial charge in [0.15, 0.2) is 0 Å². The van der Waals surface area contributed by atoms with Crippen LogP contribution in [-0.2, 0) is 0 Å². The summed E-state index contributed by atoms with van der Waals surface area (Å²) in [5, 5.41) is 12.2. The maximum Gasteiger partial charge on any atom is 0.337 e. The number of carboxylic acid groups (broad SMARTS) is 1. The molecule has 0 saturated carbocycles. The van der Waals surface area contributed by atoms with Crippen molar-refractivity contribution in [2.24, 2.45) is 0 Å². The summed E-state index contributed by atoms with van der Waals surface area (Å²) in [6, 6.07) is 3.18. The van der Waals surface area contributed by atoms with Gasteiger partial charge in [0.1, 0.15) is 0 Å². The molecule has 0 bridgehead atoms. The second-order valence-corrected chi connectivity index (χ2v) is 4.87. The number of urea groups is 1. The summed E-state index contributed by atoms with van der Waals surface area (Å²) < 4.78 is 0. The number of carbonyl (C=O) groups excluding carboxylic acids is 1. The monoisotopic (exact) mass is 267 g/mol. The van der Waals surface area contributed by atoms with Crippen LogP contribution < -0.4 is 5.32 Å². The van der Waals surface area contributed by atoms with Gasteiger partial charge in [0.25, 0.3) is 0 Å². The first-order valence-electron chi connectivity index (χ1n) is 5.52. The van der Waals surface area contributed by atoms with Crippen LogP contribution in [0.5, 0.6) is 0 Å². The smallest absolute Gasteiger partial charge is 0.337 e. The minimum atomic E-state index is -0.979. The number of carbonyl (C=O) groups is 2. The summed E-state index contributed by atoms with van der Waals surface area (Å²) in [6.07, 6.45) is 1.34. The molecule has 0 aromatic carbocycles. The summed E-state index contributed by atoms with van der Waals surface area (Å²) in [4.78, 5) is 27.7. The molecule has 2 heterocycles. The normalized spacial score (nSPS) is 14.7. The maximum atomic E-state index is 11.3. The zero-order valence-corrected chi connectivity index (χ0v) is 10.4. The molecule has 0 atom stereocenters. The number of carboxylic acids is 1. The lowest BCUT2D eigenvalue weighted by Gasteiger charge is -2.12. The van der Waals surface area contributed by atoms with Crippen molar-refractivity contribution >= 4 is 23.8 Å². The van der Waals surface area contributed by atoms with Crippen LogP contribution in [0.15, 0.2) is 23.4 Å². The second kappa shape index (κ2) is 5.72. The molecule has 96 valence electrons. The number of thioether (sulfide) groups is 1. The Morgan fingerprint density at radius 3 is 2.94 bits per heavy atom. The number of aromatic nitrogens is 1. The average Bonchev–Trinajstić information content (AvgIpc) is 2.76. The van der Waals surface area contributed by atoms with E-state index in [1.165, 1.54) is 24.0 Å². The first-order valence-corrected chi connectivity index (χ1v) is 6.50. The molecular weight excluding hydrogens is 254 g/mol. The van der Waals surface area contributed by atoms with Crippen molar-refractivity contribution in [2.75, 3.05) is 25.4 Å². The van der Waals surface area contributed by atoms with E-state index in [1.54, 1.807) is 11.0 Å². The Bertz CT molecular complexity index is 449. The highest BCUT2D eigenvalue weighted by atomic mass is 32.2. The van der Waals surface area contributed by atoms with Crippen molar-refractivity contribution in [3.05, 3.63) is 23.9 Å². The predicted molar refractivity (Wildman–Crippen MR) is 66.9 cm³/mol. The van der Waals surface area contributed by atoms with E-state index in [0.29, 0.717) is 13.1 Å². The number of nitrogens with one attached hydrogen (secondary N) is 1. The molecule has 2 N–H and O–H groups in total. The number of rotatable bonds is 5. The topological polar surface area (TPSA) is 82.5 Å². The van der Waals surface area contributed by atoms with E-state index in [2.05, 4.69) is 10.3 Å². The molecule has 0 spiro atoms. The highest BCUT2D eigenvalue weighted by Crippen LogP contribution is 2.15. The third-order valence-electron chi connectivity index (χ3n) is 2.54. The van der Waals surface area contributed by atoms with E-state index in [4.69, 9.17) is 5.11 Å². The fourth-order valence-electron chi connectivity index (χ4n) is 1.58. The van der Waals surface area contributed by atoms with Gasteiger partial charge in [-0.25, -0.2) is 14.6 Å². The van der Waals surface area contributed by atoms with Gasteiger partial charge in [0.05, 0.1) is 10.6 Å². The van der Waals surface area contributed by atoms with E-state index in [1.807, 2.05) is 0 Å². The number of amides is 2. The van der Waals surface area contributed by atoms with Gasteiger partial charge >= 0.3 is 12.0 Å². The van der Waals surface area contributed by atoms with E-state index in [-0.39, 0.29) is 11.6 Å². The Hall–Kier alpha value is -1.76. The minimum Gasteiger partial charge on any atom is -0.478 e. The molecule has 2 amide bonds. The van der Waals surface area contributed by atoms with Crippen molar-refractivity contribution in [3.63, 3.8) is 0 Å². The van der Waals surface area contributed by atoms with E-state index in [9.17, 15) is 9.59 Å². The van der Waals surface area contributed by atoms with Crippen molar-refractivity contribution in [1.29, 1.82) is 0 Å².